The monoisotopic (exact) mass is 275 g/mol. The Bertz CT molecular complexity index is 445. The van der Waals surface area contributed by atoms with Crippen LogP contribution in [0.2, 0.25) is 0 Å². The van der Waals surface area contributed by atoms with Gasteiger partial charge in [-0.25, -0.2) is 0 Å². The molecule has 1 aromatic rings. The molecule has 2 rings (SSSR count). The molecule has 1 aliphatic carbocycles. The summed E-state index contributed by atoms with van der Waals surface area (Å²) >= 11 is 0. The molecule has 1 N–H and O–H groups in total. The first-order valence-corrected chi connectivity index (χ1v) is 8.05. The summed E-state index contributed by atoms with van der Waals surface area (Å²) in [5.74, 6) is 0. The summed E-state index contributed by atoms with van der Waals surface area (Å²) in [6.07, 6.45) is 4.33. The topological polar surface area (TPSA) is 23.5 Å². The zero-order valence-corrected chi connectivity index (χ0v) is 13.4. The van der Waals surface area contributed by atoms with Gasteiger partial charge in [-0.15, -0.1) is 0 Å². The lowest BCUT2D eigenvalue weighted by Gasteiger charge is -2.44. The molecule has 0 amide bonds. The summed E-state index contributed by atoms with van der Waals surface area (Å²) in [5.41, 5.74) is 3.51. The molecule has 0 aliphatic heterocycles. The zero-order valence-electron chi connectivity index (χ0n) is 13.4. The van der Waals surface area contributed by atoms with Gasteiger partial charge in [0, 0.05) is 0 Å². The maximum Gasteiger partial charge on any atom is 0.0976 e. The Kier molecular flexibility index (Phi) is 4.87. The van der Waals surface area contributed by atoms with Gasteiger partial charge in [0.05, 0.1) is 11.6 Å². The SMILES string of the molecule is CCN(CC)C1(C(O)c2cc(C)ccc2C)CCCC1. The first-order valence-electron chi connectivity index (χ1n) is 8.05. The maximum absolute atomic E-state index is 11.2. The Balaban J connectivity index is 2.41. The number of rotatable bonds is 5. The number of benzene rings is 1. The van der Waals surface area contributed by atoms with Crippen molar-refractivity contribution in [1.82, 2.24) is 4.90 Å². The summed E-state index contributed by atoms with van der Waals surface area (Å²) in [4.78, 5) is 2.48. The highest BCUT2D eigenvalue weighted by Gasteiger charge is 2.45. The van der Waals surface area contributed by atoms with Crippen molar-refractivity contribution in [2.24, 2.45) is 0 Å². The molecule has 0 spiro atoms. The highest BCUT2D eigenvalue weighted by atomic mass is 16.3. The van der Waals surface area contributed by atoms with E-state index in [1.54, 1.807) is 0 Å². The average molecular weight is 275 g/mol. The second-order valence-electron chi connectivity index (χ2n) is 6.25. The number of aliphatic hydroxyl groups excluding tert-OH is 1. The van der Waals surface area contributed by atoms with Crippen molar-refractivity contribution in [3.8, 4) is 0 Å². The summed E-state index contributed by atoms with van der Waals surface area (Å²) in [7, 11) is 0. The highest BCUT2D eigenvalue weighted by Crippen LogP contribution is 2.45. The van der Waals surface area contributed by atoms with Crippen LogP contribution < -0.4 is 0 Å². The van der Waals surface area contributed by atoms with Crippen LogP contribution in [0.25, 0.3) is 0 Å². The summed E-state index contributed by atoms with van der Waals surface area (Å²) in [5, 5.41) is 11.2. The summed E-state index contributed by atoms with van der Waals surface area (Å²) < 4.78 is 0. The van der Waals surface area contributed by atoms with E-state index in [0.717, 1.165) is 31.5 Å². The van der Waals surface area contributed by atoms with Crippen LogP contribution in [0.4, 0.5) is 0 Å². The van der Waals surface area contributed by atoms with Gasteiger partial charge in [0.2, 0.25) is 0 Å². The number of hydrogen-bond acceptors (Lipinski definition) is 2. The van der Waals surface area contributed by atoms with E-state index in [4.69, 9.17) is 0 Å². The largest absolute Gasteiger partial charge is 0.386 e. The third kappa shape index (κ3) is 2.64. The highest BCUT2D eigenvalue weighted by molar-refractivity contribution is 5.34. The van der Waals surface area contributed by atoms with Crippen molar-refractivity contribution < 1.29 is 5.11 Å². The molecule has 0 saturated heterocycles. The van der Waals surface area contributed by atoms with Crippen LogP contribution in [0.15, 0.2) is 18.2 Å². The Morgan fingerprint density at radius 1 is 1.15 bits per heavy atom. The smallest absolute Gasteiger partial charge is 0.0976 e. The van der Waals surface area contributed by atoms with E-state index in [9.17, 15) is 5.11 Å². The molecular weight excluding hydrogens is 246 g/mol. The first-order chi connectivity index (χ1) is 9.55. The molecule has 1 aromatic carbocycles. The summed E-state index contributed by atoms with van der Waals surface area (Å²) in [6, 6.07) is 6.44. The van der Waals surface area contributed by atoms with Crippen LogP contribution in [0, 0.1) is 13.8 Å². The quantitative estimate of drug-likeness (QED) is 0.878. The zero-order chi connectivity index (χ0) is 14.8. The van der Waals surface area contributed by atoms with Gasteiger partial charge in [0.15, 0.2) is 0 Å². The van der Waals surface area contributed by atoms with Crippen LogP contribution in [0.1, 0.15) is 62.3 Å². The molecule has 2 nitrogen and oxygen atoms in total. The number of aryl methyl sites for hydroxylation is 2. The van der Waals surface area contributed by atoms with Crippen molar-refractivity contribution in [2.45, 2.75) is 65.0 Å². The van der Waals surface area contributed by atoms with Crippen LogP contribution >= 0.6 is 0 Å². The molecule has 0 heterocycles. The molecule has 0 bridgehead atoms. The van der Waals surface area contributed by atoms with Gasteiger partial charge in [-0.1, -0.05) is 50.5 Å². The van der Waals surface area contributed by atoms with Gasteiger partial charge in [0.25, 0.3) is 0 Å². The van der Waals surface area contributed by atoms with Gasteiger partial charge in [-0.3, -0.25) is 4.90 Å². The molecule has 1 aliphatic rings. The number of aliphatic hydroxyl groups is 1. The minimum Gasteiger partial charge on any atom is -0.386 e. The molecule has 2 heteroatoms. The van der Waals surface area contributed by atoms with Crippen molar-refractivity contribution in [1.29, 1.82) is 0 Å². The van der Waals surface area contributed by atoms with Crippen LogP contribution in [-0.4, -0.2) is 28.6 Å². The summed E-state index contributed by atoms with van der Waals surface area (Å²) in [6.45, 7) is 10.7. The lowest BCUT2D eigenvalue weighted by atomic mass is 9.82. The molecule has 0 radical (unpaired) electrons. The number of likely N-dealkylation sites (N-methyl/N-ethyl adjacent to an activating group) is 1. The van der Waals surface area contributed by atoms with E-state index < -0.39 is 0 Å². The standard InChI is InChI=1S/C18H29NO/c1-5-19(6-2)18(11-7-8-12-18)17(20)16-13-14(3)9-10-15(16)4/h9-10,13,17,20H,5-8,11-12H2,1-4H3. The van der Waals surface area contributed by atoms with Crippen molar-refractivity contribution >= 4 is 0 Å². The van der Waals surface area contributed by atoms with Crippen LogP contribution in [0.5, 0.6) is 0 Å². The maximum atomic E-state index is 11.2. The van der Waals surface area contributed by atoms with Crippen molar-refractivity contribution in [3.63, 3.8) is 0 Å². The molecule has 1 saturated carbocycles. The van der Waals surface area contributed by atoms with E-state index in [1.165, 1.54) is 24.0 Å². The second kappa shape index (κ2) is 6.28. The van der Waals surface area contributed by atoms with Gasteiger partial charge in [-0.05, 0) is 50.9 Å². The van der Waals surface area contributed by atoms with Crippen LogP contribution in [-0.2, 0) is 0 Å². The lowest BCUT2D eigenvalue weighted by molar-refractivity contribution is -0.0272. The number of hydrogen-bond donors (Lipinski definition) is 1. The molecule has 20 heavy (non-hydrogen) atoms. The van der Waals surface area contributed by atoms with E-state index in [-0.39, 0.29) is 11.6 Å². The lowest BCUT2D eigenvalue weighted by Crippen LogP contribution is -2.51. The van der Waals surface area contributed by atoms with E-state index >= 15 is 0 Å². The third-order valence-corrected chi connectivity index (χ3v) is 5.10. The Labute approximate surface area is 123 Å². The molecule has 1 fully saturated rings. The second-order valence-corrected chi connectivity index (χ2v) is 6.25. The first kappa shape index (κ1) is 15.5. The van der Waals surface area contributed by atoms with E-state index in [0.29, 0.717) is 0 Å². The van der Waals surface area contributed by atoms with E-state index in [1.807, 2.05) is 0 Å². The third-order valence-electron chi connectivity index (χ3n) is 5.10. The molecule has 0 aromatic heterocycles. The molecule has 1 atom stereocenters. The molecular formula is C18H29NO. The fourth-order valence-corrected chi connectivity index (χ4v) is 3.95. The fraction of sp³-hybridized carbons (Fsp3) is 0.667. The molecule has 112 valence electrons. The van der Waals surface area contributed by atoms with Gasteiger partial charge in [-0.2, -0.15) is 0 Å². The normalized spacial score (nSPS) is 19.5. The predicted molar refractivity (Wildman–Crippen MR) is 85.0 cm³/mol. The van der Waals surface area contributed by atoms with Gasteiger partial charge in [0.1, 0.15) is 0 Å². The predicted octanol–water partition coefficient (Wildman–Crippen LogP) is 3.99. The van der Waals surface area contributed by atoms with Crippen molar-refractivity contribution in [2.75, 3.05) is 13.1 Å². The number of nitrogens with zero attached hydrogens (tertiary/aromatic N) is 1. The van der Waals surface area contributed by atoms with Gasteiger partial charge < -0.3 is 5.11 Å². The van der Waals surface area contributed by atoms with E-state index in [2.05, 4.69) is 50.8 Å². The van der Waals surface area contributed by atoms with Crippen molar-refractivity contribution in [3.05, 3.63) is 34.9 Å². The Morgan fingerprint density at radius 3 is 2.30 bits per heavy atom. The fourth-order valence-electron chi connectivity index (χ4n) is 3.95. The minimum atomic E-state index is -0.371. The van der Waals surface area contributed by atoms with Crippen LogP contribution in [0.3, 0.4) is 0 Å². The molecule has 1 unspecified atom stereocenters. The minimum absolute atomic E-state index is 0.0535. The Hall–Kier alpha value is -0.860. The Morgan fingerprint density at radius 2 is 1.75 bits per heavy atom. The van der Waals surface area contributed by atoms with Gasteiger partial charge >= 0.3 is 0 Å². The average Bonchev–Trinajstić information content (AvgIpc) is 2.93.